The Labute approximate surface area is 163 Å². The van der Waals surface area contributed by atoms with Crippen molar-refractivity contribution in [2.75, 3.05) is 0 Å². The zero-order valence-corrected chi connectivity index (χ0v) is 14.9. The van der Waals surface area contributed by atoms with Crippen LogP contribution in [0.2, 0.25) is 0 Å². The highest BCUT2D eigenvalue weighted by Crippen LogP contribution is 2.42. The summed E-state index contributed by atoms with van der Waals surface area (Å²) in [6.07, 6.45) is 0.675. The first-order valence-electron chi connectivity index (χ1n) is 8.80. The summed E-state index contributed by atoms with van der Waals surface area (Å²) in [7, 11) is 0. The van der Waals surface area contributed by atoms with Crippen LogP contribution in [0, 0.1) is 0 Å². The molecule has 0 radical (unpaired) electrons. The van der Waals surface area contributed by atoms with Crippen molar-refractivity contribution in [3.8, 4) is 34.3 Å². The molecular formula is C20H17NO8. The first kappa shape index (κ1) is 18.6. The number of phenols is 4. The van der Waals surface area contributed by atoms with Crippen molar-refractivity contribution >= 4 is 16.9 Å². The van der Waals surface area contributed by atoms with Gasteiger partial charge in [-0.15, -0.1) is 0 Å². The molecule has 2 aromatic carbocycles. The van der Waals surface area contributed by atoms with Crippen molar-refractivity contribution in [3.05, 3.63) is 46.1 Å². The van der Waals surface area contributed by atoms with Gasteiger partial charge in [-0.3, -0.25) is 14.9 Å². The first-order valence-corrected chi connectivity index (χ1v) is 8.80. The minimum atomic E-state index is -1.03. The lowest BCUT2D eigenvalue weighted by Crippen LogP contribution is -2.31. The van der Waals surface area contributed by atoms with Gasteiger partial charge in [0.05, 0.1) is 5.56 Å². The largest absolute Gasteiger partial charge is 0.507 e. The quantitative estimate of drug-likeness (QED) is 0.363. The van der Waals surface area contributed by atoms with Gasteiger partial charge in [0, 0.05) is 23.7 Å². The van der Waals surface area contributed by atoms with E-state index in [-0.39, 0.29) is 33.8 Å². The lowest BCUT2D eigenvalue weighted by atomic mass is 9.99. The van der Waals surface area contributed by atoms with Gasteiger partial charge in [0.1, 0.15) is 34.3 Å². The van der Waals surface area contributed by atoms with E-state index >= 15 is 0 Å². The highest BCUT2D eigenvalue weighted by Gasteiger charge is 2.33. The monoisotopic (exact) mass is 399 g/mol. The maximum atomic E-state index is 12.7. The standard InChI is InChI=1S/C20H17NO8/c22-11-4-1-8(5-12(11)23)15-6-14(25)18-16(29-15)7-13(24)17(19(18)26)9-2-3-10(21-9)20(27)28/h1,4-7,9-10,21-24,26H,2-3H2,(H,27,28)/t9-,10-/m0/s1. The fraction of sp³-hybridized carbons (Fsp3) is 0.200. The third-order valence-electron chi connectivity index (χ3n) is 5.06. The number of benzene rings is 2. The van der Waals surface area contributed by atoms with Gasteiger partial charge in [-0.2, -0.15) is 0 Å². The average Bonchev–Trinajstić information content (AvgIpc) is 3.13. The van der Waals surface area contributed by atoms with Crippen LogP contribution in [0.15, 0.2) is 39.5 Å². The Morgan fingerprint density at radius 1 is 1.00 bits per heavy atom. The number of aliphatic carboxylic acids is 1. The molecule has 1 fully saturated rings. The molecule has 29 heavy (non-hydrogen) atoms. The minimum absolute atomic E-state index is 0.0450. The Morgan fingerprint density at radius 3 is 2.41 bits per heavy atom. The number of rotatable bonds is 3. The number of carboxylic acid groups (broad SMARTS) is 1. The van der Waals surface area contributed by atoms with Gasteiger partial charge in [-0.1, -0.05) is 0 Å². The van der Waals surface area contributed by atoms with Crippen molar-refractivity contribution in [1.82, 2.24) is 5.32 Å². The molecule has 6 N–H and O–H groups in total. The summed E-state index contributed by atoms with van der Waals surface area (Å²) in [5.41, 5.74) is -0.306. The molecule has 0 unspecified atom stereocenters. The van der Waals surface area contributed by atoms with Crippen molar-refractivity contribution in [1.29, 1.82) is 0 Å². The van der Waals surface area contributed by atoms with Gasteiger partial charge < -0.3 is 29.9 Å². The van der Waals surface area contributed by atoms with E-state index in [1.54, 1.807) is 0 Å². The molecular weight excluding hydrogens is 382 g/mol. The third kappa shape index (κ3) is 3.11. The number of aromatic hydroxyl groups is 4. The van der Waals surface area contributed by atoms with E-state index in [2.05, 4.69) is 5.32 Å². The molecule has 2 atom stereocenters. The molecule has 150 valence electrons. The van der Waals surface area contributed by atoms with Crippen LogP contribution in [0.4, 0.5) is 0 Å². The van der Waals surface area contributed by atoms with E-state index in [1.165, 1.54) is 24.3 Å². The van der Waals surface area contributed by atoms with Crippen LogP contribution in [-0.4, -0.2) is 37.5 Å². The molecule has 1 aromatic heterocycles. The maximum Gasteiger partial charge on any atom is 0.320 e. The van der Waals surface area contributed by atoms with E-state index in [1.807, 2.05) is 0 Å². The van der Waals surface area contributed by atoms with E-state index < -0.39 is 35.0 Å². The van der Waals surface area contributed by atoms with Crippen LogP contribution in [0.3, 0.4) is 0 Å². The zero-order chi connectivity index (χ0) is 20.9. The van der Waals surface area contributed by atoms with Crippen molar-refractivity contribution < 1.29 is 34.7 Å². The Kier molecular flexibility index (Phi) is 4.31. The molecule has 1 aliphatic heterocycles. The summed E-state index contributed by atoms with van der Waals surface area (Å²) in [6.45, 7) is 0. The maximum absolute atomic E-state index is 12.7. The van der Waals surface area contributed by atoms with E-state index in [4.69, 9.17) is 9.52 Å². The Hall–Kier alpha value is -3.72. The second-order valence-corrected chi connectivity index (χ2v) is 6.90. The fourth-order valence-electron chi connectivity index (χ4n) is 3.63. The topological polar surface area (TPSA) is 160 Å². The average molecular weight is 399 g/mol. The molecule has 2 heterocycles. The van der Waals surface area contributed by atoms with E-state index in [0.29, 0.717) is 18.4 Å². The number of carbonyl (C=O) groups is 1. The summed E-state index contributed by atoms with van der Waals surface area (Å²) in [5, 5.41) is 52.0. The predicted octanol–water partition coefficient (Wildman–Crippen LogP) is 2.16. The van der Waals surface area contributed by atoms with Gasteiger partial charge in [-0.25, -0.2) is 0 Å². The molecule has 0 saturated carbocycles. The SMILES string of the molecule is O=C(O)[C@@H]1CC[C@@H](c2c(O)cc3oc(-c4ccc(O)c(O)c4)cc(=O)c3c2O)N1. The number of hydrogen-bond acceptors (Lipinski definition) is 8. The second-order valence-electron chi connectivity index (χ2n) is 6.90. The van der Waals surface area contributed by atoms with Crippen LogP contribution in [0.25, 0.3) is 22.3 Å². The zero-order valence-electron chi connectivity index (χ0n) is 14.9. The van der Waals surface area contributed by atoms with Gasteiger partial charge in [0.2, 0.25) is 0 Å². The van der Waals surface area contributed by atoms with Gasteiger partial charge >= 0.3 is 5.97 Å². The van der Waals surface area contributed by atoms with Gasteiger partial charge in [0.15, 0.2) is 16.9 Å². The molecule has 4 rings (SSSR count). The van der Waals surface area contributed by atoms with E-state index in [9.17, 15) is 30.0 Å². The predicted molar refractivity (Wildman–Crippen MR) is 101 cm³/mol. The summed E-state index contributed by atoms with van der Waals surface area (Å²) in [6, 6.07) is 4.74. The van der Waals surface area contributed by atoms with Crippen molar-refractivity contribution in [2.24, 2.45) is 0 Å². The first-order chi connectivity index (χ1) is 13.8. The lowest BCUT2D eigenvalue weighted by molar-refractivity contribution is -0.139. The normalized spacial score (nSPS) is 18.9. The lowest BCUT2D eigenvalue weighted by Gasteiger charge is -2.17. The number of nitrogens with one attached hydrogen (secondary N) is 1. The molecule has 1 aliphatic rings. The highest BCUT2D eigenvalue weighted by molar-refractivity contribution is 5.88. The summed E-state index contributed by atoms with van der Waals surface area (Å²) < 4.78 is 5.63. The molecule has 9 heteroatoms. The van der Waals surface area contributed by atoms with Gasteiger partial charge in [-0.05, 0) is 31.0 Å². The molecule has 0 bridgehead atoms. The highest BCUT2D eigenvalue weighted by atomic mass is 16.4. The molecule has 3 aromatic rings. The van der Waals surface area contributed by atoms with Crippen LogP contribution in [0.1, 0.15) is 24.4 Å². The third-order valence-corrected chi connectivity index (χ3v) is 5.06. The minimum Gasteiger partial charge on any atom is -0.507 e. The summed E-state index contributed by atoms with van der Waals surface area (Å²) >= 11 is 0. The molecule has 0 spiro atoms. The number of phenolic OH excluding ortho intramolecular Hbond substituents is 4. The van der Waals surface area contributed by atoms with E-state index in [0.717, 1.165) is 6.07 Å². The molecule has 9 nitrogen and oxygen atoms in total. The number of fused-ring (bicyclic) bond motifs is 1. The fourth-order valence-corrected chi connectivity index (χ4v) is 3.63. The molecule has 0 aliphatic carbocycles. The Balaban J connectivity index is 1.83. The van der Waals surface area contributed by atoms with Crippen LogP contribution >= 0.6 is 0 Å². The van der Waals surface area contributed by atoms with Crippen molar-refractivity contribution in [2.45, 2.75) is 24.9 Å². The Bertz CT molecular complexity index is 1200. The number of carboxylic acids is 1. The smallest absolute Gasteiger partial charge is 0.320 e. The van der Waals surface area contributed by atoms with Crippen LogP contribution in [0.5, 0.6) is 23.0 Å². The number of hydrogen-bond donors (Lipinski definition) is 6. The molecule has 0 amide bonds. The summed E-state index contributed by atoms with van der Waals surface area (Å²) in [4.78, 5) is 23.8. The summed E-state index contributed by atoms with van der Waals surface area (Å²) in [5.74, 6) is -2.51. The van der Waals surface area contributed by atoms with Crippen molar-refractivity contribution in [3.63, 3.8) is 0 Å². The Morgan fingerprint density at radius 2 is 1.76 bits per heavy atom. The second kappa shape index (κ2) is 6.71. The van der Waals surface area contributed by atoms with Crippen LogP contribution < -0.4 is 10.7 Å². The molecule has 1 saturated heterocycles. The van der Waals surface area contributed by atoms with Gasteiger partial charge in [0.25, 0.3) is 0 Å². The van der Waals surface area contributed by atoms with Crippen LogP contribution in [-0.2, 0) is 4.79 Å².